The fourth-order valence-electron chi connectivity index (χ4n) is 2.33. The average Bonchev–Trinajstić information content (AvgIpc) is 2.62. The van der Waals surface area contributed by atoms with E-state index in [-0.39, 0.29) is 11.3 Å². The molecule has 0 saturated carbocycles. The number of fused-ring (bicyclic) bond motifs is 2. The Bertz CT molecular complexity index is 244. The van der Waals surface area contributed by atoms with Crippen LogP contribution in [-0.4, -0.2) is 36.5 Å². The molecular formula is C11H20N2O. The van der Waals surface area contributed by atoms with E-state index in [0.717, 1.165) is 6.54 Å². The third kappa shape index (κ3) is 1.78. The minimum absolute atomic E-state index is 0.191. The zero-order valence-corrected chi connectivity index (χ0v) is 9.34. The molecule has 14 heavy (non-hydrogen) atoms. The smallest absolute Gasteiger partial charge is 0.225 e. The molecule has 1 N–H and O–H groups in total. The van der Waals surface area contributed by atoms with Crippen molar-refractivity contribution in [2.75, 3.05) is 19.6 Å². The van der Waals surface area contributed by atoms with Crippen molar-refractivity contribution in [1.82, 2.24) is 10.2 Å². The number of carbonyl (C=O) groups is 1. The lowest BCUT2D eigenvalue weighted by molar-refractivity contribution is -0.129. The Morgan fingerprint density at radius 2 is 2.07 bits per heavy atom. The second-order valence-electron chi connectivity index (χ2n) is 5.64. The highest BCUT2D eigenvalue weighted by Gasteiger charge is 2.39. The van der Waals surface area contributed by atoms with Crippen molar-refractivity contribution in [1.29, 1.82) is 0 Å². The van der Waals surface area contributed by atoms with E-state index in [2.05, 4.69) is 10.2 Å². The van der Waals surface area contributed by atoms with Gasteiger partial charge in [-0.25, -0.2) is 0 Å². The first-order chi connectivity index (χ1) is 6.47. The Balaban J connectivity index is 1.90. The van der Waals surface area contributed by atoms with Crippen molar-refractivity contribution in [3.63, 3.8) is 0 Å². The lowest BCUT2D eigenvalue weighted by Crippen LogP contribution is -2.47. The first kappa shape index (κ1) is 9.97. The number of nitrogens with one attached hydrogen (secondary N) is 1. The van der Waals surface area contributed by atoms with Crippen molar-refractivity contribution < 1.29 is 4.79 Å². The predicted molar refractivity (Wildman–Crippen MR) is 55.9 cm³/mol. The number of piperidine rings is 1. The lowest BCUT2D eigenvalue weighted by atomic mass is 9.93. The van der Waals surface area contributed by atoms with Gasteiger partial charge in [-0.15, -0.1) is 0 Å². The number of hydrogen-bond acceptors (Lipinski definition) is 2. The van der Waals surface area contributed by atoms with E-state index >= 15 is 0 Å². The largest absolute Gasteiger partial charge is 0.351 e. The summed E-state index contributed by atoms with van der Waals surface area (Å²) >= 11 is 0. The number of carbonyl (C=O) groups excluding carboxylic acids is 1. The van der Waals surface area contributed by atoms with Gasteiger partial charge in [-0.3, -0.25) is 4.79 Å². The fourth-order valence-corrected chi connectivity index (χ4v) is 2.33. The van der Waals surface area contributed by atoms with Crippen LogP contribution >= 0.6 is 0 Å². The van der Waals surface area contributed by atoms with Gasteiger partial charge in [0.25, 0.3) is 0 Å². The summed E-state index contributed by atoms with van der Waals surface area (Å²) in [5.74, 6) is 0.901. The Morgan fingerprint density at radius 1 is 1.36 bits per heavy atom. The van der Waals surface area contributed by atoms with Crippen molar-refractivity contribution in [2.45, 2.75) is 33.2 Å². The minimum atomic E-state index is -0.253. The summed E-state index contributed by atoms with van der Waals surface area (Å²) in [5, 5.41) is 3.17. The molecule has 0 aromatic carbocycles. The molecule has 3 heteroatoms. The molecular weight excluding hydrogens is 176 g/mol. The van der Waals surface area contributed by atoms with E-state index in [0.29, 0.717) is 12.0 Å². The van der Waals surface area contributed by atoms with Crippen LogP contribution < -0.4 is 5.32 Å². The molecule has 0 aromatic rings. The number of rotatable bonds is 1. The molecule has 2 bridgehead atoms. The molecule has 0 unspecified atom stereocenters. The molecule has 2 fully saturated rings. The highest BCUT2D eigenvalue weighted by molar-refractivity contribution is 5.81. The molecule has 2 rings (SSSR count). The van der Waals surface area contributed by atoms with Gasteiger partial charge in [0, 0.05) is 24.5 Å². The predicted octanol–water partition coefficient (Wildman–Crippen LogP) is 0.853. The Labute approximate surface area is 85.8 Å². The van der Waals surface area contributed by atoms with Crippen LogP contribution in [-0.2, 0) is 4.79 Å². The third-order valence-electron chi connectivity index (χ3n) is 3.33. The standard InChI is InChI=1S/C11H20N2O/c1-11(2,3)10(14)12-9-7-13-5-4-8(9)6-13/h8-9H,4-7H2,1-3H3,(H,12,14)/t8-,9-/m0/s1. The third-order valence-corrected chi connectivity index (χ3v) is 3.33. The van der Waals surface area contributed by atoms with Crippen molar-refractivity contribution in [2.24, 2.45) is 11.3 Å². The Hall–Kier alpha value is -0.570. The van der Waals surface area contributed by atoms with Crippen LogP contribution in [0.2, 0.25) is 0 Å². The van der Waals surface area contributed by atoms with Gasteiger partial charge >= 0.3 is 0 Å². The van der Waals surface area contributed by atoms with Crippen molar-refractivity contribution in [3.05, 3.63) is 0 Å². The fraction of sp³-hybridized carbons (Fsp3) is 0.909. The Morgan fingerprint density at radius 3 is 2.50 bits per heavy atom. The number of amides is 1. The molecule has 3 atom stereocenters. The summed E-state index contributed by atoms with van der Waals surface area (Å²) in [7, 11) is 0. The number of nitrogens with zero attached hydrogens (tertiary/aromatic N) is 1. The van der Waals surface area contributed by atoms with Gasteiger partial charge in [0.15, 0.2) is 0 Å². The summed E-state index contributed by atoms with van der Waals surface area (Å²) in [6.07, 6.45) is 1.26. The molecule has 0 aromatic heterocycles. The molecule has 0 spiro atoms. The number of hydrogen-bond donors (Lipinski definition) is 1. The molecule has 3 nitrogen and oxygen atoms in total. The maximum atomic E-state index is 11.8. The van der Waals surface area contributed by atoms with Crippen LogP contribution in [0.25, 0.3) is 0 Å². The Kier molecular flexibility index (Phi) is 2.30. The monoisotopic (exact) mass is 196 g/mol. The molecule has 2 aliphatic heterocycles. The SMILES string of the molecule is CC(C)(C)C(=O)N[C@H]1C[N@]2CC[C@H]1C2. The quantitative estimate of drug-likeness (QED) is 0.674. The average molecular weight is 196 g/mol. The van der Waals surface area contributed by atoms with Gasteiger partial charge < -0.3 is 10.2 Å². The van der Waals surface area contributed by atoms with Gasteiger partial charge in [-0.2, -0.15) is 0 Å². The molecule has 0 aliphatic carbocycles. The normalized spacial score (nSPS) is 36.1. The van der Waals surface area contributed by atoms with Gasteiger partial charge in [0.1, 0.15) is 0 Å². The molecule has 2 heterocycles. The van der Waals surface area contributed by atoms with E-state index in [1.807, 2.05) is 20.8 Å². The van der Waals surface area contributed by atoms with E-state index in [4.69, 9.17) is 0 Å². The van der Waals surface area contributed by atoms with Crippen LogP contribution in [0.15, 0.2) is 0 Å². The summed E-state index contributed by atoms with van der Waals surface area (Å²) in [4.78, 5) is 14.2. The van der Waals surface area contributed by atoms with Crippen LogP contribution in [0, 0.1) is 11.3 Å². The van der Waals surface area contributed by atoms with Crippen LogP contribution in [0.4, 0.5) is 0 Å². The topological polar surface area (TPSA) is 32.3 Å². The van der Waals surface area contributed by atoms with Crippen LogP contribution in [0.3, 0.4) is 0 Å². The van der Waals surface area contributed by atoms with Crippen molar-refractivity contribution in [3.8, 4) is 0 Å². The maximum absolute atomic E-state index is 11.8. The minimum Gasteiger partial charge on any atom is -0.351 e. The molecule has 1 amide bonds. The van der Waals surface area contributed by atoms with Crippen molar-refractivity contribution >= 4 is 5.91 Å². The highest BCUT2D eigenvalue weighted by atomic mass is 16.2. The zero-order valence-electron chi connectivity index (χ0n) is 9.34. The second-order valence-corrected chi connectivity index (χ2v) is 5.64. The van der Waals surface area contributed by atoms with E-state index in [1.54, 1.807) is 0 Å². The van der Waals surface area contributed by atoms with E-state index in [9.17, 15) is 4.79 Å². The summed E-state index contributed by atoms with van der Waals surface area (Å²) in [5.41, 5.74) is -0.253. The zero-order chi connectivity index (χ0) is 10.3. The first-order valence-corrected chi connectivity index (χ1v) is 5.50. The lowest BCUT2D eigenvalue weighted by Gasteiger charge is -2.27. The highest BCUT2D eigenvalue weighted by Crippen LogP contribution is 2.28. The van der Waals surface area contributed by atoms with Crippen LogP contribution in [0.5, 0.6) is 0 Å². The van der Waals surface area contributed by atoms with Crippen LogP contribution in [0.1, 0.15) is 27.2 Å². The van der Waals surface area contributed by atoms with E-state index in [1.165, 1.54) is 19.5 Å². The van der Waals surface area contributed by atoms with Gasteiger partial charge in [0.2, 0.25) is 5.91 Å². The molecule has 2 saturated heterocycles. The van der Waals surface area contributed by atoms with E-state index < -0.39 is 0 Å². The molecule has 80 valence electrons. The molecule has 0 radical (unpaired) electrons. The molecule has 2 aliphatic rings. The summed E-state index contributed by atoms with van der Waals surface area (Å²) in [6, 6.07) is 0.412. The summed E-state index contributed by atoms with van der Waals surface area (Å²) < 4.78 is 0. The second kappa shape index (κ2) is 3.23. The van der Waals surface area contributed by atoms with Gasteiger partial charge in [0.05, 0.1) is 0 Å². The maximum Gasteiger partial charge on any atom is 0.225 e. The summed E-state index contributed by atoms with van der Waals surface area (Å²) in [6.45, 7) is 9.38. The first-order valence-electron chi connectivity index (χ1n) is 5.50. The van der Waals surface area contributed by atoms with Gasteiger partial charge in [-0.05, 0) is 18.9 Å². The van der Waals surface area contributed by atoms with Gasteiger partial charge in [-0.1, -0.05) is 20.8 Å².